The minimum atomic E-state index is -4.15. The molecule has 0 radical (unpaired) electrons. The first kappa shape index (κ1) is 14.4. The van der Waals surface area contributed by atoms with Crippen molar-refractivity contribution in [1.29, 1.82) is 0 Å². The molecular formula is C14H15NO4S. The summed E-state index contributed by atoms with van der Waals surface area (Å²) >= 11 is 0. The highest BCUT2D eigenvalue weighted by atomic mass is 32.2. The van der Waals surface area contributed by atoms with E-state index in [2.05, 4.69) is 5.32 Å². The molecule has 2 N–H and O–H groups in total. The smallest absolute Gasteiger partial charge is 0.294 e. The Morgan fingerprint density at radius 2 is 1.75 bits per heavy atom. The van der Waals surface area contributed by atoms with Crippen molar-refractivity contribution in [2.24, 2.45) is 0 Å². The molecule has 2 rings (SSSR count). The maximum absolute atomic E-state index is 10.9. The molecule has 0 unspecified atom stereocenters. The number of hydrogen-bond acceptors (Lipinski definition) is 4. The third-order valence-electron chi connectivity index (χ3n) is 2.83. The van der Waals surface area contributed by atoms with Crippen molar-refractivity contribution in [3.63, 3.8) is 0 Å². The molecule has 0 heterocycles. The van der Waals surface area contributed by atoms with Crippen molar-refractivity contribution < 1.29 is 17.7 Å². The zero-order valence-corrected chi connectivity index (χ0v) is 11.7. The molecule has 106 valence electrons. The molecule has 6 heteroatoms. The lowest BCUT2D eigenvalue weighted by Crippen LogP contribution is -2.02. The van der Waals surface area contributed by atoms with Crippen LogP contribution in [-0.2, 0) is 16.7 Å². The second kappa shape index (κ2) is 5.94. The predicted octanol–water partition coefficient (Wildman–Crippen LogP) is 2.55. The Morgan fingerprint density at radius 1 is 1.10 bits per heavy atom. The Morgan fingerprint density at radius 3 is 2.35 bits per heavy atom. The minimum Gasteiger partial charge on any atom is -0.496 e. The van der Waals surface area contributed by atoms with E-state index in [-0.39, 0.29) is 4.90 Å². The molecule has 0 spiro atoms. The average Bonchev–Trinajstić information content (AvgIpc) is 2.45. The molecule has 20 heavy (non-hydrogen) atoms. The van der Waals surface area contributed by atoms with Crippen LogP contribution in [0, 0.1) is 0 Å². The van der Waals surface area contributed by atoms with E-state index in [9.17, 15) is 8.42 Å². The summed E-state index contributed by atoms with van der Waals surface area (Å²) in [6.07, 6.45) is 0. The first-order valence-corrected chi connectivity index (χ1v) is 7.38. The highest BCUT2D eigenvalue weighted by Gasteiger charge is 2.08. The normalized spacial score (nSPS) is 11.1. The number of rotatable bonds is 5. The van der Waals surface area contributed by atoms with Crippen molar-refractivity contribution in [2.75, 3.05) is 12.4 Å². The minimum absolute atomic E-state index is 0.125. The molecule has 0 fully saturated rings. The fourth-order valence-corrected chi connectivity index (χ4v) is 2.27. The summed E-state index contributed by atoms with van der Waals surface area (Å²) in [5.74, 6) is 0.787. The molecule has 0 aliphatic rings. The number of hydrogen-bond donors (Lipinski definition) is 2. The quantitative estimate of drug-likeness (QED) is 0.829. The van der Waals surface area contributed by atoms with Crippen LogP contribution in [0.2, 0.25) is 0 Å². The van der Waals surface area contributed by atoms with Gasteiger partial charge in [-0.2, -0.15) is 8.42 Å². The first-order chi connectivity index (χ1) is 9.50. The lowest BCUT2D eigenvalue weighted by Gasteiger charge is -2.10. The van der Waals surface area contributed by atoms with Gasteiger partial charge in [-0.1, -0.05) is 18.2 Å². The number of methoxy groups -OCH3 is 1. The molecular weight excluding hydrogens is 278 g/mol. The van der Waals surface area contributed by atoms with Gasteiger partial charge in [-0.15, -0.1) is 0 Å². The molecule has 0 bridgehead atoms. The molecule has 0 saturated heterocycles. The van der Waals surface area contributed by atoms with Crippen molar-refractivity contribution >= 4 is 15.8 Å². The fourth-order valence-electron chi connectivity index (χ4n) is 1.79. The van der Waals surface area contributed by atoms with Crippen LogP contribution in [0.3, 0.4) is 0 Å². The van der Waals surface area contributed by atoms with Crippen molar-refractivity contribution in [3.8, 4) is 5.75 Å². The highest BCUT2D eigenvalue weighted by Crippen LogP contribution is 2.19. The van der Waals surface area contributed by atoms with E-state index in [1.54, 1.807) is 19.2 Å². The van der Waals surface area contributed by atoms with Gasteiger partial charge in [0.05, 0.1) is 12.0 Å². The van der Waals surface area contributed by atoms with Crippen LogP contribution in [0.1, 0.15) is 5.56 Å². The summed E-state index contributed by atoms with van der Waals surface area (Å²) < 4.78 is 36.0. The molecule has 0 aromatic heterocycles. The predicted molar refractivity (Wildman–Crippen MR) is 76.6 cm³/mol. The van der Waals surface area contributed by atoms with Gasteiger partial charge in [-0.25, -0.2) is 0 Å². The topological polar surface area (TPSA) is 75.6 Å². The van der Waals surface area contributed by atoms with Gasteiger partial charge >= 0.3 is 0 Å². The van der Waals surface area contributed by atoms with Gasteiger partial charge in [0.15, 0.2) is 0 Å². The average molecular weight is 293 g/mol. The Labute approximate surface area is 118 Å². The van der Waals surface area contributed by atoms with Crippen molar-refractivity contribution in [1.82, 2.24) is 0 Å². The maximum Gasteiger partial charge on any atom is 0.294 e. The summed E-state index contributed by atoms with van der Waals surface area (Å²) in [7, 11) is -2.53. The molecule has 0 saturated carbocycles. The monoisotopic (exact) mass is 293 g/mol. The largest absolute Gasteiger partial charge is 0.496 e. The lowest BCUT2D eigenvalue weighted by molar-refractivity contribution is 0.410. The molecule has 2 aromatic carbocycles. The third-order valence-corrected chi connectivity index (χ3v) is 3.70. The van der Waals surface area contributed by atoms with E-state index in [1.165, 1.54) is 12.1 Å². The zero-order chi connectivity index (χ0) is 14.6. The molecule has 0 aliphatic heterocycles. The molecule has 2 aromatic rings. The molecule has 5 nitrogen and oxygen atoms in total. The molecule has 0 atom stereocenters. The van der Waals surface area contributed by atoms with E-state index in [0.29, 0.717) is 6.54 Å². The second-order valence-corrected chi connectivity index (χ2v) is 5.59. The Balaban J connectivity index is 2.08. The highest BCUT2D eigenvalue weighted by molar-refractivity contribution is 7.85. The van der Waals surface area contributed by atoms with Gasteiger partial charge in [-0.05, 0) is 30.3 Å². The van der Waals surface area contributed by atoms with Crippen LogP contribution in [-0.4, -0.2) is 20.1 Å². The maximum atomic E-state index is 10.9. The Kier molecular flexibility index (Phi) is 4.26. The number of nitrogens with one attached hydrogen (secondary N) is 1. The van der Waals surface area contributed by atoms with Crippen LogP contribution in [0.15, 0.2) is 53.4 Å². The van der Waals surface area contributed by atoms with E-state index in [0.717, 1.165) is 17.0 Å². The van der Waals surface area contributed by atoms with Gasteiger partial charge in [0.1, 0.15) is 5.75 Å². The van der Waals surface area contributed by atoms with Crippen molar-refractivity contribution in [3.05, 3.63) is 54.1 Å². The van der Waals surface area contributed by atoms with E-state index in [1.807, 2.05) is 24.3 Å². The number of para-hydroxylation sites is 1. The molecule has 0 amide bonds. The van der Waals surface area contributed by atoms with Gasteiger partial charge in [0, 0.05) is 17.8 Å². The van der Waals surface area contributed by atoms with Gasteiger partial charge in [-0.3, -0.25) is 4.55 Å². The summed E-state index contributed by atoms with van der Waals surface area (Å²) in [5.41, 5.74) is 1.75. The summed E-state index contributed by atoms with van der Waals surface area (Å²) in [6, 6.07) is 13.5. The van der Waals surface area contributed by atoms with Crippen LogP contribution in [0.5, 0.6) is 5.75 Å². The standard InChI is InChI=1S/C14H15NO4S/c1-19-14-5-3-2-4-11(14)10-15-12-6-8-13(9-7-12)20(16,17)18/h2-9,15H,10H2,1H3,(H,16,17,18). The second-order valence-electron chi connectivity index (χ2n) is 4.16. The van der Waals surface area contributed by atoms with Gasteiger partial charge in [0.25, 0.3) is 10.1 Å². The Bertz CT molecular complexity index is 681. The Hall–Kier alpha value is -2.05. The summed E-state index contributed by atoms with van der Waals surface area (Å²) in [5, 5.41) is 3.16. The van der Waals surface area contributed by atoms with E-state index in [4.69, 9.17) is 9.29 Å². The van der Waals surface area contributed by atoms with Crippen LogP contribution >= 0.6 is 0 Å². The van der Waals surface area contributed by atoms with Crippen molar-refractivity contribution in [2.45, 2.75) is 11.4 Å². The first-order valence-electron chi connectivity index (χ1n) is 5.94. The van der Waals surface area contributed by atoms with Crippen LogP contribution < -0.4 is 10.1 Å². The van der Waals surface area contributed by atoms with Gasteiger partial charge in [0.2, 0.25) is 0 Å². The number of benzene rings is 2. The number of ether oxygens (including phenoxy) is 1. The van der Waals surface area contributed by atoms with E-state index < -0.39 is 10.1 Å². The van der Waals surface area contributed by atoms with Crippen LogP contribution in [0.4, 0.5) is 5.69 Å². The summed E-state index contributed by atoms with van der Waals surface area (Å²) in [6.45, 7) is 0.551. The van der Waals surface area contributed by atoms with E-state index >= 15 is 0 Å². The van der Waals surface area contributed by atoms with Crippen LogP contribution in [0.25, 0.3) is 0 Å². The van der Waals surface area contributed by atoms with Gasteiger partial charge < -0.3 is 10.1 Å². The SMILES string of the molecule is COc1ccccc1CNc1ccc(S(=O)(=O)O)cc1. The summed E-state index contributed by atoms with van der Waals surface area (Å²) in [4.78, 5) is -0.125. The molecule has 0 aliphatic carbocycles. The third kappa shape index (κ3) is 3.49. The fraction of sp³-hybridized carbons (Fsp3) is 0.143. The zero-order valence-electron chi connectivity index (χ0n) is 10.9. The lowest BCUT2D eigenvalue weighted by atomic mass is 10.2. The number of anilines is 1.